The van der Waals surface area contributed by atoms with Crippen molar-refractivity contribution in [3.8, 4) is 5.75 Å². The number of phenolic OH excluding ortho intramolecular Hbond substituents is 1. The highest BCUT2D eigenvalue weighted by molar-refractivity contribution is 6.11. The topological polar surface area (TPSA) is 85.6 Å². The number of carbonyl (C=O) groups excluding carboxylic acids is 2. The first-order valence-corrected chi connectivity index (χ1v) is 8.70. The number of aromatic hydroxyl groups is 1. The van der Waals surface area contributed by atoms with Gasteiger partial charge < -0.3 is 14.4 Å². The van der Waals surface area contributed by atoms with Crippen molar-refractivity contribution in [3.63, 3.8) is 0 Å². The summed E-state index contributed by atoms with van der Waals surface area (Å²) in [4.78, 5) is 37.6. The minimum absolute atomic E-state index is 0.0447. The quantitative estimate of drug-likeness (QED) is 0.673. The zero-order valence-electron chi connectivity index (χ0n) is 14.6. The van der Waals surface area contributed by atoms with Crippen molar-refractivity contribution in [2.24, 2.45) is 0 Å². The third-order valence-electron chi connectivity index (χ3n) is 4.83. The molecule has 6 heteroatoms. The van der Waals surface area contributed by atoms with E-state index in [1.54, 1.807) is 12.1 Å². The average molecular weight is 355 g/mol. The SMILES string of the molecule is COC(=O)c1cc(C(=O)c2ccccc2O)cn(C2CCCCC2)c1=O. The number of hydrogen-bond donors (Lipinski definition) is 1. The van der Waals surface area contributed by atoms with Crippen molar-refractivity contribution in [2.75, 3.05) is 7.11 Å². The summed E-state index contributed by atoms with van der Waals surface area (Å²) >= 11 is 0. The van der Waals surface area contributed by atoms with E-state index in [0.717, 1.165) is 32.1 Å². The summed E-state index contributed by atoms with van der Waals surface area (Å²) in [5, 5.41) is 9.96. The molecule has 1 aliphatic rings. The van der Waals surface area contributed by atoms with Crippen molar-refractivity contribution in [2.45, 2.75) is 38.1 Å². The molecule has 3 rings (SSSR count). The fourth-order valence-corrected chi connectivity index (χ4v) is 3.43. The van der Waals surface area contributed by atoms with E-state index in [1.165, 1.54) is 36.1 Å². The van der Waals surface area contributed by atoms with Crippen molar-refractivity contribution >= 4 is 11.8 Å². The van der Waals surface area contributed by atoms with Gasteiger partial charge in [0.15, 0.2) is 5.78 Å². The number of aromatic nitrogens is 1. The summed E-state index contributed by atoms with van der Waals surface area (Å²) in [6.45, 7) is 0. The number of rotatable bonds is 4. The Morgan fingerprint density at radius 2 is 1.81 bits per heavy atom. The molecule has 1 N–H and O–H groups in total. The first-order chi connectivity index (χ1) is 12.5. The van der Waals surface area contributed by atoms with Crippen LogP contribution >= 0.6 is 0 Å². The molecule has 0 radical (unpaired) electrons. The fourth-order valence-electron chi connectivity index (χ4n) is 3.43. The summed E-state index contributed by atoms with van der Waals surface area (Å²) in [5.74, 6) is -1.36. The van der Waals surface area contributed by atoms with Crippen LogP contribution < -0.4 is 5.56 Å². The number of ether oxygens (including phenoxy) is 1. The van der Waals surface area contributed by atoms with E-state index in [9.17, 15) is 19.5 Å². The summed E-state index contributed by atoms with van der Waals surface area (Å²) in [6, 6.07) is 7.40. The van der Waals surface area contributed by atoms with Crippen molar-refractivity contribution in [1.29, 1.82) is 0 Å². The second-order valence-corrected chi connectivity index (χ2v) is 6.48. The number of methoxy groups -OCH3 is 1. The number of benzene rings is 1. The lowest BCUT2D eigenvalue weighted by Crippen LogP contribution is -2.32. The highest BCUT2D eigenvalue weighted by atomic mass is 16.5. The zero-order chi connectivity index (χ0) is 18.7. The van der Waals surface area contributed by atoms with Crippen LogP contribution in [0, 0.1) is 0 Å². The molecule has 0 spiro atoms. The van der Waals surface area contributed by atoms with Crippen LogP contribution in [0.5, 0.6) is 5.75 Å². The Kier molecular flexibility index (Phi) is 5.21. The van der Waals surface area contributed by atoms with E-state index >= 15 is 0 Å². The Morgan fingerprint density at radius 3 is 2.46 bits per heavy atom. The van der Waals surface area contributed by atoms with Crippen molar-refractivity contribution < 1.29 is 19.4 Å². The smallest absolute Gasteiger partial charge is 0.343 e. The molecule has 1 aromatic heterocycles. The van der Waals surface area contributed by atoms with Gasteiger partial charge in [0.2, 0.25) is 0 Å². The molecule has 1 fully saturated rings. The molecule has 0 unspecified atom stereocenters. The van der Waals surface area contributed by atoms with Gasteiger partial charge in [0, 0.05) is 17.8 Å². The van der Waals surface area contributed by atoms with Crippen LogP contribution in [-0.2, 0) is 4.74 Å². The van der Waals surface area contributed by atoms with Crippen LogP contribution in [-0.4, -0.2) is 28.5 Å². The predicted molar refractivity (Wildman–Crippen MR) is 95.7 cm³/mol. The van der Waals surface area contributed by atoms with E-state index in [-0.39, 0.29) is 28.5 Å². The highest BCUT2D eigenvalue weighted by Gasteiger charge is 2.24. The molecule has 0 bridgehead atoms. The number of esters is 1. The largest absolute Gasteiger partial charge is 0.507 e. The normalized spacial score (nSPS) is 14.8. The van der Waals surface area contributed by atoms with E-state index in [1.807, 2.05) is 0 Å². The Morgan fingerprint density at radius 1 is 1.12 bits per heavy atom. The fraction of sp³-hybridized carbons (Fsp3) is 0.350. The monoisotopic (exact) mass is 355 g/mol. The van der Waals surface area contributed by atoms with Crippen LogP contribution in [0.25, 0.3) is 0 Å². The molecule has 1 saturated carbocycles. The number of carbonyl (C=O) groups is 2. The second-order valence-electron chi connectivity index (χ2n) is 6.48. The second kappa shape index (κ2) is 7.56. The van der Waals surface area contributed by atoms with Crippen molar-refractivity contribution in [1.82, 2.24) is 4.57 Å². The summed E-state index contributed by atoms with van der Waals surface area (Å²) < 4.78 is 6.20. The molecule has 1 aromatic carbocycles. The molecule has 0 aliphatic heterocycles. The number of hydrogen-bond acceptors (Lipinski definition) is 5. The highest BCUT2D eigenvalue weighted by Crippen LogP contribution is 2.28. The van der Waals surface area contributed by atoms with Crippen LogP contribution in [0.15, 0.2) is 41.3 Å². The zero-order valence-corrected chi connectivity index (χ0v) is 14.6. The van der Waals surface area contributed by atoms with E-state index in [2.05, 4.69) is 0 Å². The van der Waals surface area contributed by atoms with Crippen LogP contribution in [0.4, 0.5) is 0 Å². The third kappa shape index (κ3) is 3.40. The maximum Gasteiger partial charge on any atom is 0.343 e. The molecule has 1 heterocycles. The van der Waals surface area contributed by atoms with Gasteiger partial charge in [0.1, 0.15) is 11.3 Å². The Labute approximate surface area is 151 Å². The third-order valence-corrected chi connectivity index (χ3v) is 4.83. The molecule has 26 heavy (non-hydrogen) atoms. The lowest BCUT2D eigenvalue weighted by molar-refractivity contribution is 0.0597. The Hall–Kier alpha value is -2.89. The number of ketones is 1. The Balaban J connectivity index is 2.13. The van der Waals surface area contributed by atoms with Gasteiger partial charge in [0.05, 0.1) is 12.7 Å². The summed E-state index contributed by atoms with van der Waals surface area (Å²) in [7, 11) is 1.20. The number of para-hydroxylation sites is 1. The molecule has 2 aromatic rings. The van der Waals surface area contributed by atoms with Gasteiger partial charge in [-0.3, -0.25) is 9.59 Å². The Bertz CT molecular complexity index is 893. The molecular weight excluding hydrogens is 334 g/mol. The van der Waals surface area contributed by atoms with Gasteiger partial charge in [-0.15, -0.1) is 0 Å². The van der Waals surface area contributed by atoms with E-state index < -0.39 is 17.3 Å². The lowest BCUT2D eigenvalue weighted by atomic mass is 9.94. The molecule has 0 amide bonds. The number of pyridine rings is 1. The minimum atomic E-state index is -0.772. The number of nitrogens with zero attached hydrogens (tertiary/aromatic N) is 1. The number of phenols is 1. The van der Waals surface area contributed by atoms with Crippen molar-refractivity contribution in [3.05, 3.63) is 63.6 Å². The van der Waals surface area contributed by atoms with Gasteiger partial charge >= 0.3 is 5.97 Å². The van der Waals surface area contributed by atoms with Crippen LogP contribution in [0.3, 0.4) is 0 Å². The first kappa shape index (κ1) is 17.9. The van der Waals surface area contributed by atoms with Gasteiger partial charge in [-0.2, -0.15) is 0 Å². The summed E-state index contributed by atoms with van der Waals surface area (Å²) in [5.41, 5.74) is -0.314. The van der Waals surface area contributed by atoms with Crippen LogP contribution in [0.2, 0.25) is 0 Å². The standard InChI is InChI=1S/C20H21NO5/c1-26-20(25)16-11-13(18(23)15-9-5-6-10-17(15)22)12-21(19(16)24)14-7-3-2-4-8-14/h5-6,9-12,14,22H,2-4,7-8H2,1H3. The maximum absolute atomic E-state index is 12.8. The predicted octanol–water partition coefficient (Wildman–Crippen LogP) is 3.08. The maximum atomic E-state index is 12.8. The molecule has 0 atom stereocenters. The molecule has 0 saturated heterocycles. The van der Waals surface area contributed by atoms with Gasteiger partial charge in [-0.05, 0) is 31.0 Å². The molecule has 1 aliphatic carbocycles. The first-order valence-electron chi connectivity index (χ1n) is 8.70. The molecule has 136 valence electrons. The van der Waals surface area contributed by atoms with E-state index in [4.69, 9.17) is 4.74 Å². The van der Waals surface area contributed by atoms with Gasteiger partial charge in [0.25, 0.3) is 5.56 Å². The molecular formula is C20H21NO5. The summed E-state index contributed by atoms with van der Waals surface area (Å²) in [6.07, 6.45) is 6.28. The molecule has 6 nitrogen and oxygen atoms in total. The van der Waals surface area contributed by atoms with E-state index in [0.29, 0.717) is 0 Å². The van der Waals surface area contributed by atoms with Gasteiger partial charge in [-0.1, -0.05) is 31.4 Å². The van der Waals surface area contributed by atoms with Crippen LogP contribution in [0.1, 0.15) is 64.4 Å². The average Bonchev–Trinajstić information content (AvgIpc) is 2.68. The minimum Gasteiger partial charge on any atom is -0.507 e. The lowest BCUT2D eigenvalue weighted by Gasteiger charge is -2.25. The van der Waals surface area contributed by atoms with Gasteiger partial charge in [-0.25, -0.2) is 4.79 Å².